The van der Waals surface area contributed by atoms with Crippen LogP contribution in [0.1, 0.15) is 6.42 Å². The van der Waals surface area contributed by atoms with E-state index in [1.165, 1.54) is 12.3 Å². The third-order valence-corrected chi connectivity index (χ3v) is 2.28. The second-order valence-corrected chi connectivity index (χ2v) is 3.63. The Labute approximate surface area is 81.9 Å². The van der Waals surface area contributed by atoms with Crippen LogP contribution in [-0.2, 0) is 0 Å². The van der Waals surface area contributed by atoms with Crippen LogP contribution in [0.3, 0.4) is 0 Å². The number of aromatic nitrogens is 1. The highest BCUT2D eigenvalue weighted by Crippen LogP contribution is 2.05. The van der Waals surface area contributed by atoms with Crippen LogP contribution < -0.4 is 5.32 Å². The number of pyridine rings is 1. The van der Waals surface area contributed by atoms with E-state index in [9.17, 15) is 4.39 Å². The lowest BCUT2D eigenvalue weighted by Crippen LogP contribution is -2.02. The molecule has 0 fully saturated rings. The Hall–Kier alpha value is -0.770. The summed E-state index contributed by atoms with van der Waals surface area (Å²) in [6.07, 6.45) is 4.70. The van der Waals surface area contributed by atoms with Gasteiger partial charge in [-0.25, -0.2) is 4.98 Å². The monoisotopic (exact) mass is 200 g/mol. The van der Waals surface area contributed by atoms with Gasteiger partial charge in [-0.1, -0.05) is 0 Å². The zero-order valence-electron chi connectivity index (χ0n) is 7.59. The molecule has 0 aromatic carbocycles. The molecule has 0 unspecified atom stereocenters. The molecule has 1 heterocycles. The van der Waals surface area contributed by atoms with Crippen LogP contribution in [0.4, 0.5) is 10.1 Å². The molecule has 0 aliphatic heterocycles. The molecule has 0 radical (unpaired) electrons. The number of nitrogens with one attached hydrogen (secondary N) is 1. The zero-order chi connectivity index (χ0) is 9.52. The Bertz CT molecular complexity index is 238. The predicted molar refractivity (Wildman–Crippen MR) is 55.7 cm³/mol. The molecule has 0 bridgehead atoms. The van der Waals surface area contributed by atoms with Gasteiger partial charge in [-0.05, 0) is 30.6 Å². The van der Waals surface area contributed by atoms with Crippen LogP contribution in [0.15, 0.2) is 18.3 Å². The van der Waals surface area contributed by atoms with E-state index in [1.807, 2.05) is 11.8 Å². The van der Waals surface area contributed by atoms with Gasteiger partial charge in [0.1, 0.15) is 0 Å². The fourth-order valence-corrected chi connectivity index (χ4v) is 1.36. The van der Waals surface area contributed by atoms with Crippen molar-refractivity contribution in [2.45, 2.75) is 6.42 Å². The van der Waals surface area contributed by atoms with Crippen molar-refractivity contribution in [2.24, 2.45) is 0 Å². The van der Waals surface area contributed by atoms with Gasteiger partial charge in [-0.3, -0.25) is 0 Å². The topological polar surface area (TPSA) is 24.9 Å². The van der Waals surface area contributed by atoms with E-state index in [-0.39, 0.29) is 0 Å². The van der Waals surface area contributed by atoms with Crippen molar-refractivity contribution in [1.29, 1.82) is 0 Å². The maximum Gasteiger partial charge on any atom is 0.212 e. The number of anilines is 1. The number of nitrogens with zero attached hydrogens (tertiary/aromatic N) is 1. The zero-order valence-corrected chi connectivity index (χ0v) is 8.40. The molecule has 1 rings (SSSR count). The molecule has 0 saturated carbocycles. The molecule has 0 atom stereocenters. The highest BCUT2D eigenvalue weighted by molar-refractivity contribution is 7.98. The van der Waals surface area contributed by atoms with Crippen LogP contribution in [0.25, 0.3) is 0 Å². The van der Waals surface area contributed by atoms with E-state index in [2.05, 4.69) is 16.6 Å². The van der Waals surface area contributed by atoms with Crippen LogP contribution in [-0.4, -0.2) is 23.5 Å². The first-order valence-electron chi connectivity index (χ1n) is 4.17. The van der Waals surface area contributed by atoms with Gasteiger partial charge in [0, 0.05) is 6.54 Å². The number of halogens is 1. The molecule has 1 aromatic heterocycles. The van der Waals surface area contributed by atoms with Crippen LogP contribution in [0, 0.1) is 5.95 Å². The molecule has 1 aromatic rings. The summed E-state index contributed by atoms with van der Waals surface area (Å²) in [4.78, 5) is 3.54. The van der Waals surface area contributed by atoms with Gasteiger partial charge in [0.2, 0.25) is 5.95 Å². The van der Waals surface area contributed by atoms with E-state index in [0.29, 0.717) is 0 Å². The third kappa shape index (κ3) is 4.12. The Morgan fingerprint density at radius 3 is 3.00 bits per heavy atom. The number of rotatable bonds is 5. The molecule has 2 nitrogen and oxygen atoms in total. The number of thioether (sulfide) groups is 1. The third-order valence-electron chi connectivity index (χ3n) is 1.58. The quantitative estimate of drug-likeness (QED) is 0.583. The molecule has 0 aliphatic carbocycles. The molecular formula is C9H13FN2S. The fourth-order valence-electron chi connectivity index (χ4n) is 0.930. The summed E-state index contributed by atoms with van der Waals surface area (Å²) < 4.78 is 12.4. The lowest BCUT2D eigenvalue weighted by Gasteiger charge is -2.04. The maximum atomic E-state index is 12.4. The molecule has 13 heavy (non-hydrogen) atoms. The van der Waals surface area contributed by atoms with E-state index in [0.717, 1.165) is 24.4 Å². The Morgan fingerprint density at radius 1 is 1.54 bits per heavy atom. The first kappa shape index (κ1) is 10.3. The number of hydrogen-bond acceptors (Lipinski definition) is 3. The van der Waals surface area contributed by atoms with E-state index in [1.54, 1.807) is 6.07 Å². The highest BCUT2D eigenvalue weighted by atomic mass is 32.2. The van der Waals surface area contributed by atoms with E-state index < -0.39 is 5.95 Å². The molecule has 0 aliphatic rings. The summed E-state index contributed by atoms with van der Waals surface area (Å²) in [6.45, 7) is 0.911. The minimum Gasteiger partial charge on any atom is -0.384 e. The normalized spacial score (nSPS) is 10.0. The second kappa shape index (κ2) is 5.80. The van der Waals surface area contributed by atoms with Crippen molar-refractivity contribution in [3.63, 3.8) is 0 Å². The summed E-state index contributed by atoms with van der Waals surface area (Å²) in [5.41, 5.74) is 0.877. The molecule has 72 valence electrons. The van der Waals surface area contributed by atoms with Gasteiger partial charge >= 0.3 is 0 Å². The van der Waals surface area contributed by atoms with Gasteiger partial charge in [-0.15, -0.1) is 0 Å². The average Bonchev–Trinajstić information content (AvgIpc) is 2.15. The van der Waals surface area contributed by atoms with Crippen molar-refractivity contribution in [1.82, 2.24) is 4.98 Å². The Morgan fingerprint density at radius 2 is 2.38 bits per heavy atom. The molecule has 0 saturated heterocycles. The van der Waals surface area contributed by atoms with Gasteiger partial charge in [0.25, 0.3) is 0 Å². The minimum absolute atomic E-state index is 0.435. The summed E-state index contributed by atoms with van der Waals surface area (Å²) in [5.74, 6) is 0.705. The van der Waals surface area contributed by atoms with Crippen molar-refractivity contribution in [3.05, 3.63) is 24.3 Å². The minimum atomic E-state index is -0.435. The van der Waals surface area contributed by atoms with Gasteiger partial charge in [0.05, 0.1) is 11.9 Å². The van der Waals surface area contributed by atoms with Gasteiger partial charge in [-0.2, -0.15) is 16.2 Å². The number of hydrogen-bond donors (Lipinski definition) is 1. The van der Waals surface area contributed by atoms with E-state index in [4.69, 9.17) is 0 Å². The summed E-state index contributed by atoms with van der Waals surface area (Å²) in [5, 5.41) is 3.16. The fraction of sp³-hybridized carbons (Fsp3) is 0.444. The highest BCUT2D eigenvalue weighted by Gasteiger charge is 1.92. The van der Waals surface area contributed by atoms with Crippen LogP contribution >= 0.6 is 11.8 Å². The smallest absolute Gasteiger partial charge is 0.212 e. The second-order valence-electron chi connectivity index (χ2n) is 2.64. The first-order chi connectivity index (χ1) is 6.33. The SMILES string of the molecule is CSCCCNc1ccc(F)nc1. The summed E-state index contributed by atoms with van der Waals surface area (Å²) in [6, 6.07) is 3.05. The standard InChI is InChI=1S/C9H13FN2S/c1-13-6-2-5-11-8-3-4-9(10)12-7-8/h3-4,7,11H,2,5-6H2,1H3. The van der Waals surface area contributed by atoms with E-state index >= 15 is 0 Å². The Balaban J connectivity index is 2.25. The predicted octanol–water partition coefficient (Wildman–Crippen LogP) is 2.39. The Kier molecular flexibility index (Phi) is 4.60. The van der Waals surface area contributed by atoms with Crippen LogP contribution in [0.5, 0.6) is 0 Å². The average molecular weight is 200 g/mol. The summed E-state index contributed by atoms with van der Waals surface area (Å²) in [7, 11) is 0. The molecule has 4 heteroatoms. The summed E-state index contributed by atoms with van der Waals surface area (Å²) >= 11 is 1.82. The van der Waals surface area contributed by atoms with Crippen LogP contribution in [0.2, 0.25) is 0 Å². The molecule has 0 spiro atoms. The molecule has 0 amide bonds. The van der Waals surface area contributed by atoms with Crippen molar-refractivity contribution >= 4 is 17.4 Å². The van der Waals surface area contributed by atoms with Crippen molar-refractivity contribution in [3.8, 4) is 0 Å². The van der Waals surface area contributed by atoms with Crippen molar-refractivity contribution in [2.75, 3.05) is 23.9 Å². The maximum absolute atomic E-state index is 12.4. The molecule has 1 N–H and O–H groups in total. The largest absolute Gasteiger partial charge is 0.384 e. The lowest BCUT2D eigenvalue weighted by molar-refractivity contribution is 0.584. The lowest BCUT2D eigenvalue weighted by atomic mass is 10.4. The first-order valence-corrected chi connectivity index (χ1v) is 5.56. The van der Waals surface area contributed by atoms with Gasteiger partial charge < -0.3 is 5.32 Å². The molecular weight excluding hydrogens is 187 g/mol. The van der Waals surface area contributed by atoms with Gasteiger partial charge in [0.15, 0.2) is 0 Å². The van der Waals surface area contributed by atoms with Crippen molar-refractivity contribution < 1.29 is 4.39 Å².